The average molecular weight is 961 g/mol. The van der Waals surface area contributed by atoms with Gasteiger partial charge in [0.25, 0.3) is 11.8 Å². The number of nitrogens with zero attached hydrogens (tertiary/aromatic N) is 4. The molecule has 0 aliphatic carbocycles. The van der Waals surface area contributed by atoms with E-state index in [0.29, 0.717) is 12.8 Å². The van der Waals surface area contributed by atoms with Crippen molar-refractivity contribution in [2.45, 2.75) is 170 Å². The Labute approximate surface area is 413 Å². The van der Waals surface area contributed by atoms with Crippen molar-refractivity contribution in [3.63, 3.8) is 0 Å². The Kier molecular flexibility index (Phi) is 22.4. The van der Waals surface area contributed by atoms with E-state index in [2.05, 4.69) is 6.58 Å². The lowest BCUT2D eigenvalue weighted by Crippen LogP contribution is -2.53. The molecule has 0 aromatic heterocycles. The molecule has 1 fully saturated rings. The molecule has 14 heteroatoms. The highest BCUT2D eigenvalue weighted by Crippen LogP contribution is 2.25. The summed E-state index contributed by atoms with van der Waals surface area (Å²) in [6, 6.07) is 11.3. The number of rotatable bonds is 12. The van der Waals surface area contributed by atoms with E-state index in [1.54, 1.807) is 37.7 Å². The molecule has 69 heavy (non-hydrogen) atoms. The quantitative estimate of drug-likeness (QED) is 0.151. The van der Waals surface area contributed by atoms with Crippen molar-refractivity contribution in [2.75, 3.05) is 34.7 Å². The van der Waals surface area contributed by atoms with Gasteiger partial charge in [-0.05, 0) is 95.2 Å². The minimum atomic E-state index is -1.32. The van der Waals surface area contributed by atoms with Crippen molar-refractivity contribution in [1.82, 2.24) is 19.6 Å². The summed E-state index contributed by atoms with van der Waals surface area (Å²) in [6.07, 6.45) is -3.11. The van der Waals surface area contributed by atoms with Crippen molar-refractivity contribution in [1.29, 1.82) is 0 Å². The molecule has 384 valence electrons. The van der Waals surface area contributed by atoms with E-state index in [1.807, 2.05) is 118 Å². The number of benzene rings is 2. The summed E-state index contributed by atoms with van der Waals surface area (Å²) in [6.45, 7) is 27.3. The molecule has 0 radical (unpaired) electrons. The largest absolute Gasteiger partial charge is 0.460 e. The number of hydrogen-bond acceptors (Lipinski definition) is 12. The molecule has 1 aliphatic rings. The predicted molar refractivity (Wildman–Crippen MR) is 269 cm³/mol. The maximum atomic E-state index is 14.8. The second-order valence-electron chi connectivity index (χ2n) is 21.1. The topological polar surface area (TPSA) is 152 Å². The third kappa shape index (κ3) is 17.6. The van der Waals surface area contributed by atoms with Gasteiger partial charge in [-0.15, -0.1) is 0 Å². The minimum Gasteiger partial charge on any atom is -0.460 e. The molecule has 0 saturated carbocycles. The Bertz CT molecular complexity index is 2030. The molecular formula is C55H84N4O10. The fourth-order valence-electron chi connectivity index (χ4n) is 8.57. The third-order valence-corrected chi connectivity index (χ3v) is 12.7. The lowest BCUT2D eigenvalue weighted by molar-refractivity contribution is -0.171. The van der Waals surface area contributed by atoms with Gasteiger partial charge < -0.3 is 33.6 Å². The highest BCUT2D eigenvalue weighted by molar-refractivity contribution is 5.90. The number of likely N-dealkylation sites (N-methyl/N-ethyl adjacent to an activating group) is 4. The van der Waals surface area contributed by atoms with Crippen LogP contribution in [0.1, 0.15) is 117 Å². The summed E-state index contributed by atoms with van der Waals surface area (Å²) >= 11 is 0. The summed E-state index contributed by atoms with van der Waals surface area (Å²) in [5.74, 6) is -3.88. The number of cyclic esters (lactones) is 4. The number of carbonyl (C=O) groups excluding carboxylic acids is 6. The molecule has 0 N–H and O–H groups in total. The normalized spacial score (nSPS) is 25.3. The van der Waals surface area contributed by atoms with Gasteiger partial charge in [-0.2, -0.15) is 0 Å². The second kappa shape index (κ2) is 26.7. The first-order valence-corrected chi connectivity index (χ1v) is 24.8. The highest BCUT2D eigenvalue weighted by atomic mass is 16.6. The Balaban J connectivity index is 2.23. The first-order valence-electron chi connectivity index (χ1n) is 24.8. The zero-order valence-corrected chi connectivity index (χ0v) is 44.6. The molecule has 14 nitrogen and oxygen atoms in total. The molecule has 3 rings (SSSR count). The van der Waals surface area contributed by atoms with Crippen LogP contribution in [0.4, 0.5) is 0 Å². The summed E-state index contributed by atoms with van der Waals surface area (Å²) in [5.41, 5.74) is 3.83. The predicted octanol–water partition coefficient (Wildman–Crippen LogP) is 7.74. The SMILES string of the molecule is C=C1[C@@H](C)OC(=O)[C@H](CC(C)C)N(C)C(=O)[C@@H](Cc2ccc(C)cc2)OC(=O)[C@H](CC(C)C)N(C)C[C@@H](C)OC(=O)[C@H](CC(C)C)N(C)C(=O)[C@@H](Cc2ccc(C)cc2)OC(=O)[C@H](CC(C)C)N1C. The summed E-state index contributed by atoms with van der Waals surface area (Å²) in [5, 5.41) is 0. The van der Waals surface area contributed by atoms with Crippen molar-refractivity contribution < 1.29 is 47.7 Å². The fraction of sp³-hybridized carbons (Fsp3) is 0.636. The van der Waals surface area contributed by atoms with Gasteiger partial charge >= 0.3 is 23.9 Å². The van der Waals surface area contributed by atoms with Gasteiger partial charge in [0.15, 0.2) is 12.2 Å². The van der Waals surface area contributed by atoms with E-state index in [-0.39, 0.29) is 61.6 Å². The summed E-state index contributed by atoms with van der Waals surface area (Å²) in [7, 11) is 6.45. The van der Waals surface area contributed by atoms with Crippen LogP contribution in [0.25, 0.3) is 0 Å². The van der Waals surface area contributed by atoms with Crippen LogP contribution in [-0.2, 0) is 60.6 Å². The zero-order chi connectivity index (χ0) is 52.0. The van der Waals surface area contributed by atoms with Crippen molar-refractivity contribution in [2.24, 2.45) is 23.7 Å². The second-order valence-corrected chi connectivity index (χ2v) is 21.1. The number of carbonyl (C=O) groups is 6. The number of aryl methyl sites for hydroxylation is 2. The van der Waals surface area contributed by atoms with Crippen LogP contribution >= 0.6 is 0 Å². The molecule has 1 heterocycles. The Morgan fingerprint density at radius 2 is 0.812 bits per heavy atom. The zero-order valence-electron chi connectivity index (χ0n) is 44.6. The van der Waals surface area contributed by atoms with Crippen LogP contribution in [0.2, 0.25) is 0 Å². The third-order valence-electron chi connectivity index (χ3n) is 12.7. The fourth-order valence-corrected chi connectivity index (χ4v) is 8.57. The Hall–Kier alpha value is -5.24. The molecule has 0 spiro atoms. The number of hydrogen-bond donors (Lipinski definition) is 0. The molecule has 0 unspecified atom stereocenters. The highest BCUT2D eigenvalue weighted by Gasteiger charge is 2.41. The number of amides is 2. The van der Waals surface area contributed by atoms with Crippen LogP contribution in [0, 0.1) is 37.5 Å². The van der Waals surface area contributed by atoms with E-state index < -0.39 is 84.3 Å². The standard InChI is InChI=1S/C55H84N4O10/c1-33(2)26-44-52(62)68-48(30-42-22-18-37(9)19-23-42)50(60)59(17)47(29-36(7)8)54(64)67-41(13)40(12)57(15)45(27-34(3)4)55(65)69-49(31-43-24-20-38(10)21-25-43)51(61)58(16)46(28-35(5)6)53(63)66-39(11)32-56(44)14/h18-25,33-36,39,41,44-49H,12,26-32H2,1-11,13-17H3/t39-,41-,44+,45+,46+,47+,48-,49-/m1/s1. The lowest BCUT2D eigenvalue weighted by atomic mass is 9.99. The molecule has 1 aliphatic heterocycles. The van der Waals surface area contributed by atoms with E-state index in [1.165, 1.54) is 23.9 Å². The molecule has 8 atom stereocenters. The average Bonchev–Trinajstić information content (AvgIpc) is 3.26. The van der Waals surface area contributed by atoms with Gasteiger partial charge in [0.2, 0.25) is 0 Å². The van der Waals surface area contributed by atoms with Crippen molar-refractivity contribution >= 4 is 35.7 Å². The Morgan fingerprint density at radius 3 is 1.19 bits per heavy atom. The van der Waals surface area contributed by atoms with Gasteiger partial charge in [-0.3, -0.25) is 19.3 Å². The summed E-state index contributed by atoms with van der Waals surface area (Å²) in [4.78, 5) is 93.3. The van der Waals surface area contributed by atoms with E-state index in [9.17, 15) is 28.8 Å². The first-order chi connectivity index (χ1) is 32.2. The van der Waals surface area contributed by atoms with E-state index in [4.69, 9.17) is 18.9 Å². The monoisotopic (exact) mass is 961 g/mol. The molecule has 2 aromatic rings. The smallest absolute Gasteiger partial charge is 0.329 e. The first kappa shape index (κ1) is 58.1. The molecule has 0 bridgehead atoms. The number of esters is 4. The van der Waals surface area contributed by atoms with E-state index >= 15 is 0 Å². The lowest BCUT2D eigenvalue weighted by Gasteiger charge is -2.36. The number of ether oxygens (including phenoxy) is 4. The molecule has 1 saturated heterocycles. The van der Waals surface area contributed by atoms with Crippen LogP contribution in [0.3, 0.4) is 0 Å². The maximum Gasteiger partial charge on any atom is 0.329 e. The molecule has 2 amide bonds. The van der Waals surface area contributed by atoms with Gasteiger partial charge in [0.1, 0.15) is 36.4 Å². The molecular weight excluding hydrogens is 877 g/mol. The van der Waals surface area contributed by atoms with Gasteiger partial charge in [-0.25, -0.2) is 14.4 Å². The van der Waals surface area contributed by atoms with E-state index in [0.717, 1.165) is 22.3 Å². The van der Waals surface area contributed by atoms with Crippen molar-refractivity contribution in [3.8, 4) is 0 Å². The maximum absolute atomic E-state index is 14.8. The van der Waals surface area contributed by atoms with Crippen LogP contribution in [0.5, 0.6) is 0 Å². The molecule has 2 aromatic carbocycles. The van der Waals surface area contributed by atoms with Crippen LogP contribution in [0.15, 0.2) is 60.8 Å². The van der Waals surface area contributed by atoms with Crippen molar-refractivity contribution in [3.05, 3.63) is 83.1 Å². The minimum absolute atomic E-state index is 0.0136. The van der Waals surface area contributed by atoms with Gasteiger partial charge in [0, 0.05) is 46.2 Å². The Morgan fingerprint density at radius 1 is 0.493 bits per heavy atom. The summed E-state index contributed by atoms with van der Waals surface area (Å²) < 4.78 is 24.7. The van der Waals surface area contributed by atoms with Gasteiger partial charge in [0.05, 0.1) is 0 Å². The van der Waals surface area contributed by atoms with Gasteiger partial charge in [-0.1, -0.05) is 122 Å². The van der Waals surface area contributed by atoms with Crippen LogP contribution < -0.4 is 0 Å². The van der Waals surface area contributed by atoms with Crippen LogP contribution in [-0.4, -0.2) is 139 Å².